The standard InChI is InChI=1S/C16H19N3/c1-2-8-17-16-10-15(7-9-18-16)19-11-13-5-3-4-6-14(13)12-19/h3-7,9-10H,2,8,11-12H2,1H3,(H,17,18). The van der Waals surface area contributed by atoms with Crippen LogP contribution in [-0.2, 0) is 13.1 Å². The zero-order valence-corrected chi connectivity index (χ0v) is 11.3. The van der Waals surface area contributed by atoms with Crippen molar-refractivity contribution in [1.82, 2.24) is 4.98 Å². The maximum atomic E-state index is 4.36. The van der Waals surface area contributed by atoms with E-state index < -0.39 is 0 Å². The van der Waals surface area contributed by atoms with Crippen LogP contribution in [0.2, 0.25) is 0 Å². The van der Waals surface area contributed by atoms with E-state index in [-0.39, 0.29) is 0 Å². The number of fused-ring (bicyclic) bond motifs is 1. The molecular weight excluding hydrogens is 234 g/mol. The van der Waals surface area contributed by atoms with Gasteiger partial charge in [0.1, 0.15) is 5.82 Å². The Morgan fingerprint density at radius 3 is 2.58 bits per heavy atom. The van der Waals surface area contributed by atoms with Gasteiger partial charge >= 0.3 is 0 Å². The minimum atomic E-state index is 0.968. The monoisotopic (exact) mass is 253 g/mol. The van der Waals surface area contributed by atoms with Crippen molar-refractivity contribution >= 4 is 11.5 Å². The van der Waals surface area contributed by atoms with Crippen molar-refractivity contribution in [3.05, 3.63) is 53.7 Å². The average molecular weight is 253 g/mol. The van der Waals surface area contributed by atoms with Crippen LogP contribution in [0.4, 0.5) is 11.5 Å². The number of hydrogen-bond acceptors (Lipinski definition) is 3. The summed E-state index contributed by atoms with van der Waals surface area (Å²) in [5, 5.41) is 3.34. The van der Waals surface area contributed by atoms with Crippen molar-refractivity contribution in [1.29, 1.82) is 0 Å². The van der Waals surface area contributed by atoms with E-state index in [1.807, 2.05) is 6.20 Å². The Bertz CT molecular complexity index is 540. The van der Waals surface area contributed by atoms with E-state index in [1.54, 1.807) is 0 Å². The maximum Gasteiger partial charge on any atom is 0.127 e. The largest absolute Gasteiger partial charge is 0.370 e. The van der Waals surface area contributed by atoms with E-state index in [2.05, 4.69) is 58.5 Å². The molecule has 1 aromatic carbocycles. The molecule has 0 fully saturated rings. The van der Waals surface area contributed by atoms with E-state index in [0.717, 1.165) is 31.9 Å². The highest BCUT2D eigenvalue weighted by molar-refractivity contribution is 5.56. The summed E-state index contributed by atoms with van der Waals surface area (Å²) in [7, 11) is 0. The molecule has 0 saturated heterocycles. The molecule has 1 aromatic heterocycles. The van der Waals surface area contributed by atoms with Gasteiger partial charge in [-0.3, -0.25) is 0 Å². The Morgan fingerprint density at radius 2 is 1.89 bits per heavy atom. The first kappa shape index (κ1) is 12.0. The van der Waals surface area contributed by atoms with Gasteiger partial charge in [0.15, 0.2) is 0 Å². The van der Waals surface area contributed by atoms with Crippen LogP contribution in [0.25, 0.3) is 0 Å². The Labute approximate surface area is 114 Å². The Morgan fingerprint density at radius 1 is 1.16 bits per heavy atom. The number of benzene rings is 1. The van der Waals surface area contributed by atoms with Crippen LogP contribution in [0.3, 0.4) is 0 Å². The van der Waals surface area contributed by atoms with Crippen LogP contribution < -0.4 is 10.2 Å². The maximum absolute atomic E-state index is 4.36. The van der Waals surface area contributed by atoms with Crippen LogP contribution in [0.1, 0.15) is 24.5 Å². The number of nitrogens with one attached hydrogen (secondary N) is 1. The zero-order chi connectivity index (χ0) is 13.1. The lowest BCUT2D eigenvalue weighted by Crippen LogP contribution is -2.15. The Kier molecular flexibility index (Phi) is 3.36. The topological polar surface area (TPSA) is 28.2 Å². The summed E-state index contributed by atoms with van der Waals surface area (Å²) in [6.45, 7) is 5.12. The smallest absolute Gasteiger partial charge is 0.127 e. The van der Waals surface area contributed by atoms with Crippen molar-refractivity contribution in [2.75, 3.05) is 16.8 Å². The minimum Gasteiger partial charge on any atom is -0.370 e. The van der Waals surface area contributed by atoms with E-state index in [0.29, 0.717) is 0 Å². The van der Waals surface area contributed by atoms with Crippen LogP contribution >= 0.6 is 0 Å². The van der Waals surface area contributed by atoms with Crippen LogP contribution in [-0.4, -0.2) is 11.5 Å². The number of nitrogens with zero attached hydrogens (tertiary/aromatic N) is 2. The van der Waals surface area contributed by atoms with Gasteiger partial charge in [-0.25, -0.2) is 4.98 Å². The fourth-order valence-electron chi connectivity index (χ4n) is 2.48. The van der Waals surface area contributed by atoms with Gasteiger partial charge in [0.05, 0.1) is 0 Å². The number of pyridine rings is 1. The first-order valence-electron chi connectivity index (χ1n) is 6.88. The molecule has 0 radical (unpaired) electrons. The highest BCUT2D eigenvalue weighted by Gasteiger charge is 2.18. The third kappa shape index (κ3) is 2.55. The molecule has 1 aliphatic rings. The summed E-state index contributed by atoms with van der Waals surface area (Å²) in [5.74, 6) is 0.968. The third-order valence-electron chi connectivity index (χ3n) is 3.51. The predicted octanol–water partition coefficient (Wildman–Crippen LogP) is 3.42. The molecule has 1 N–H and O–H groups in total. The molecule has 0 amide bonds. The Balaban J connectivity index is 1.77. The molecule has 0 spiro atoms. The second-order valence-corrected chi connectivity index (χ2v) is 4.95. The van der Waals surface area contributed by atoms with E-state index in [1.165, 1.54) is 16.8 Å². The lowest BCUT2D eigenvalue weighted by Gasteiger charge is -2.18. The number of anilines is 2. The molecule has 3 nitrogen and oxygen atoms in total. The molecule has 0 atom stereocenters. The number of rotatable bonds is 4. The molecule has 2 heterocycles. The lowest BCUT2D eigenvalue weighted by molar-refractivity contribution is 0.877. The molecule has 3 heteroatoms. The first-order valence-corrected chi connectivity index (χ1v) is 6.88. The lowest BCUT2D eigenvalue weighted by atomic mass is 10.1. The minimum absolute atomic E-state index is 0.968. The van der Waals surface area contributed by atoms with Gasteiger partial charge in [0.25, 0.3) is 0 Å². The molecule has 0 unspecified atom stereocenters. The van der Waals surface area contributed by atoms with Gasteiger partial charge in [-0.1, -0.05) is 31.2 Å². The molecule has 19 heavy (non-hydrogen) atoms. The van der Waals surface area contributed by atoms with E-state index in [9.17, 15) is 0 Å². The van der Waals surface area contributed by atoms with Gasteiger partial charge in [-0.2, -0.15) is 0 Å². The average Bonchev–Trinajstić information content (AvgIpc) is 2.89. The molecule has 0 saturated carbocycles. The summed E-state index contributed by atoms with van der Waals surface area (Å²) in [4.78, 5) is 6.75. The summed E-state index contributed by atoms with van der Waals surface area (Å²) >= 11 is 0. The normalized spacial score (nSPS) is 13.4. The Hall–Kier alpha value is -2.03. The van der Waals surface area contributed by atoms with Gasteiger partial charge in [0, 0.05) is 37.6 Å². The van der Waals surface area contributed by atoms with Crippen molar-refractivity contribution in [2.24, 2.45) is 0 Å². The van der Waals surface area contributed by atoms with Crippen molar-refractivity contribution < 1.29 is 0 Å². The predicted molar refractivity (Wildman–Crippen MR) is 79.3 cm³/mol. The molecule has 3 rings (SSSR count). The molecule has 2 aromatic rings. The molecule has 0 bridgehead atoms. The quantitative estimate of drug-likeness (QED) is 0.905. The van der Waals surface area contributed by atoms with Crippen molar-refractivity contribution in [3.8, 4) is 0 Å². The van der Waals surface area contributed by atoms with Gasteiger partial charge in [-0.05, 0) is 23.6 Å². The van der Waals surface area contributed by atoms with E-state index in [4.69, 9.17) is 0 Å². The summed E-state index contributed by atoms with van der Waals surface area (Å²) in [5.41, 5.74) is 4.11. The molecular formula is C16H19N3. The second-order valence-electron chi connectivity index (χ2n) is 4.95. The first-order chi connectivity index (χ1) is 9.36. The fourth-order valence-corrected chi connectivity index (χ4v) is 2.48. The van der Waals surface area contributed by atoms with Crippen LogP contribution in [0.15, 0.2) is 42.6 Å². The van der Waals surface area contributed by atoms with Crippen molar-refractivity contribution in [2.45, 2.75) is 26.4 Å². The van der Waals surface area contributed by atoms with Crippen molar-refractivity contribution in [3.63, 3.8) is 0 Å². The van der Waals surface area contributed by atoms with Gasteiger partial charge in [-0.15, -0.1) is 0 Å². The molecule has 98 valence electrons. The highest BCUT2D eigenvalue weighted by Crippen LogP contribution is 2.28. The van der Waals surface area contributed by atoms with Gasteiger partial charge < -0.3 is 10.2 Å². The van der Waals surface area contributed by atoms with E-state index >= 15 is 0 Å². The van der Waals surface area contributed by atoms with Gasteiger partial charge in [0.2, 0.25) is 0 Å². The molecule has 0 aliphatic carbocycles. The van der Waals surface area contributed by atoms with Crippen LogP contribution in [0, 0.1) is 0 Å². The summed E-state index contributed by atoms with van der Waals surface area (Å²) in [6, 6.07) is 12.9. The summed E-state index contributed by atoms with van der Waals surface area (Å²) < 4.78 is 0. The number of hydrogen-bond donors (Lipinski definition) is 1. The summed E-state index contributed by atoms with van der Waals surface area (Å²) in [6.07, 6.45) is 3.00. The highest BCUT2D eigenvalue weighted by atomic mass is 15.1. The zero-order valence-electron chi connectivity index (χ0n) is 11.3. The second kappa shape index (κ2) is 5.31. The SMILES string of the molecule is CCCNc1cc(N2Cc3ccccc3C2)ccn1. The third-order valence-corrected chi connectivity index (χ3v) is 3.51. The number of aromatic nitrogens is 1. The molecule has 1 aliphatic heterocycles. The fraction of sp³-hybridized carbons (Fsp3) is 0.312. The van der Waals surface area contributed by atoms with Crippen LogP contribution in [0.5, 0.6) is 0 Å².